The van der Waals surface area contributed by atoms with Gasteiger partial charge in [0.05, 0.1) is 0 Å². The van der Waals surface area contributed by atoms with Crippen molar-refractivity contribution < 1.29 is 4.74 Å². The molecule has 2 aromatic carbocycles. The number of fused-ring (bicyclic) bond motifs is 2. The Morgan fingerprint density at radius 1 is 0.692 bits per heavy atom. The summed E-state index contributed by atoms with van der Waals surface area (Å²) in [7, 11) is -1.08. The molecule has 3 rings (SSSR count). The van der Waals surface area contributed by atoms with Gasteiger partial charge in [-0.2, -0.15) is 10.0 Å². The molecule has 1 nitrogen and oxygen atoms in total. The van der Waals surface area contributed by atoms with Gasteiger partial charge >= 0.3 is 0 Å². The second-order valence-corrected chi connectivity index (χ2v) is 14.0. The monoisotopic (exact) mass is 370 g/mol. The van der Waals surface area contributed by atoms with Crippen molar-refractivity contribution in [3.05, 3.63) is 47.5 Å². The number of hydrogen-bond acceptors (Lipinski definition) is 1. The van der Waals surface area contributed by atoms with Gasteiger partial charge in [0.25, 0.3) is 0 Å². The zero-order valence-corrected chi connectivity index (χ0v) is 18.5. The van der Waals surface area contributed by atoms with E-state index in [1.807, 2.05) is 0 Å². The quantitative estimate of drug-likeness (QED) is 0.533. The summed E-state index contributed by atoms with van der Waals surface area (Å²) in [6.07, 6.45) is 7.00. The van der Waals surface area contributed by atoms with Crippen molar-refractivity contribution in [3.63, 3.8) is 0 Å². The molecule has 0 saturated carbocycles. The molecule has 0 amide bonds. The van der Waals surface area contributed by atoms with Gasteiger partial charge < -0.3 is 4.74 Å². The molecule has 0 aromatic heterocycles. The van der Waals surface area contributed by atoms with E-state index in [1.165, 1.54) is 20.9 Å². The van der Waals surface area contributed by atoms with Gasteiger partial charge in [-0.15, -0.1) is 0 Å². The van der Waals surface area contributed by atoms with Crippen LogP contribution in [0.5, 0.6) is 11.5 Å². The molecule has 1 aliphatic rings. The highest BCUT2D eigenvalue weighted by atomic mass is 32.3. The summed E-state index contributed by atoms with van der Waals surface area (Å²) in [5.41, 5.74) is 3.41. The minimum Gasteiger partial charge on any atom is -0.455 e. The summed E-state index contributed by atoms with van der Waals surface area (Å²) in [4.78, 5) is 2.78. The molecule has 0 N–H and O–H groups in total. The van der Waals surface area contributed by atoms with Crippen LogP contribution >= 0.6 is 10.0 Å². The first-order valence-corrected chi connectivity index (χ1v) is 12.0. The van der Waals surface area contributed by atoms with E-state index in [2.05, 4.69) is 90.5 Å². The molecule has 0 bridgehead atoms. The zero-order valence-electron chi connectivity index (χ0n) is 17.7. The Morgan fingerprint density at radius 2 is 1.08 bits per heavy atom. The molecule has 0 saturated heterocycles. The van der Waals surface area contributed by atoms with Crippen LogP contribution in [0, 0.1) is 10.8 Å². The maximum atomic E-state index is 6.30. The van der Waals surface area contributed by atoms with Crippen molar-refractivity contribution in [2.45, 2.75) is 64.2 Å². The second-order valence-electron chi connectivity index (χ2n) is 10.5. The van der Waals surface area contributed by atoms with Gasteiger partial charge in [0, 0.05) is 9.79 Å². The maximum absolute atomic E-state index is 6.30. The maximum Gasteiger partial charge on any atom is 0.139 e. The molecule has 0 radical (unpaired) electrons. The average Bonchev–Trinajstić information content (AvgIpc) is 2.46. The summed E-state index contributed by atoms with van der Waals surface area (Å²) in [6, 6.07) is 13.6. The topological polar surface area (TPSA) is 9.23 Å². The fourth-order valence-electron chi connectivity index (χ4n) is 3.75. The number of ether oxygens (including phenoxy) is 1. The fourth-order valence-corrected chi connectivity index (χ4v) is 6.11. The molecule has 2 aromatic rings. The second kappa shape index (κ2) is 6.34. The lowest BCUT2D eigenvalue weighted by Gasteiger charge is -2.39. The van der Waals surface area contributed by atoms with Crippen LogP contribution in [0.1, 0.15) is 52.7 Å². The van der Waals surface area contributed by atoms with Gasteiger partial charge in [-0.1, -0.05) is 53.7 Å². The van der Waals surface area contributed by atoms with Crippen LogP contribution in [0.2, 0.25) is 0 Å². The van der Waals surface area contributed by atoms with E-state index in [1.54, 1.807) is 0 Å². The van der Waals surface area contributed by atoms with Gasteiger partial charge in [0.1, 0.15) is 11.5 Å². The van der Waals surface area contributed by atoms with Gasteiger partial charge in [-0.25, -0.2) is 0 Å². The first kappa shape index (κ1) is 19.4. The van der Waals surface area contributed by atoms with E-state index in [0.717, 1.165) is 24.3 Å². The van der Waals surface area contributed by atoms with E-state index in [9.17, 15) is 0 Å². The van der Waals surface area contributed by atoms with Crippen molar-refractivity contribution in [1.29, 1.82) is 0 Å². The molecule has 1 heterocycles. The van der Waals surface area contributed by atoms with E-state index in [4.69, 9.17) is 4.74 Å². The van der Waals surface area contributed by atoms with Gasteiger partial charge in [0.2, 0.25) is 0 Å². The van der Waals surface area contributed by atoms with E-state index >= 15 is 0 Å². The minimum absolute atomic E-state index is 0.293. The molecule has 0 aliphatic carbocycles. The standard InChI is InChI=1S/C24H34OS/c1-23(2,3)15-17-9-11-19-21(13-17)26(7,8)22-14-18(16-24(4,5)6)10-12-20(22)25-19/h9-14H,15-16H2,1-8H3. The summed E-state index contributed by atoms with van der Waals surface area (Å²) < 4.78 is 6.30. The normalized spacial score (nSPS) is 17.1. The highest BCUT2D eigenvalue weighted by Gasteiger charge is 2.31. The Hall–Kier alpha value is -1.41. The lowest BCUT2D eigenvalue weighted by Crippen LogP contribution is -2.13. The van der Waals surface area contributed by atoms with Crippen LogP contribution in [0.25, 0.3) is 0 Å². The predicted molar refractivity (Wildman–Crippen MR) is 115 cm³/mol. The summed E-state index contributed by atoms with van der Waals surface area (Å²) in [5, 5.41) is 0. The third-order valence-corrected chi connectivity index (χ3v) is 7.64. The summed E-state index contributed by atoms with van der Waals surface area (Å²) >= 11 is 0. The van der Waals surface area contributed by atoms with Crippen molar-refractivity contribution in [3.8, 4) is 11.5 Å². The van der Waals surface area contributed by atoms with Crippen molar-refractivity contribution in [1.82, 2.24) is 0 Å². The lowest BCUT2D eigenvalue weighted by atomic mass is 9.88. The van der Waals surface area contributed by atoms with Gasteiger partial charge in [-0.3, -0.25) is 0 Å². The molecule has 0 unspecified atom stereocenters. The van der Waals surface area contributed by atoms with E-state index < -0.39 is 10.0 Å². The highest BCUT2D eigenvalue weighted by Crippen LogP contribution is 2.66. The first-order valence-electron chi connectivity index (χ1n) is 9.52. The number of rotatable bonds is 2. The molecule has 142 valence electrons. The van der Waals surface area contributed by atoms with Crippen LogP contribution in [-0.2, 0) is 12.8 Å². The van der Waals surface area contributed by atoms with Crippen LogP contribution in [0.3, 0.4) is 0 Å². The molecule has 0 spiro atoms. The molecule has 0 atom stereocenters. The smallest absolute Gasteiger partial charge is 0.139 e. The Morgan fingerprint density at radius 3 is 1.42 bits per heavy atom. The minimum atomic E-state index is -1.08. The first-order chi connectivity index (χ1) is 11.9. The van der Waals surface area contributed by atoms with Crippen molar-refractivity contribution in [2.75, 3.05) is 12.5 Å². The van der Waals surface area contributed by atoms with Crippen LogP contribution in [-0.4, -0.2) is 12.5 Å². The largest absolute Gasteiger partial charge is 0.455 e. The molecule has 0 fully saturated rings. The molecular formula is C24H34OS. The molecule has 26 heavy (non-hydrogen) atoms. The Kier molecular flexibility index (Phi) is 4.72. The van der Waals surface area contributed by atoms with Gasteiger partial charge in [-0.05, 0) is 71.6 Å². The van der Waals surface area contributed by atoms with E-state index in [0.29, 0.717) is 10.8 Å². The molecular weight excluding hydrogens is 336 g/mol. The Balaban J connectivity index is 2.02. The van der Waals surface area contributed by atoms with Crippen LogP contribution < -0.4 is 4.74 Å². The molecule has 1 aliphatic heterocycles. The van der Waals surface area contributed by atoms with E-state index in [-0.39, 0.29) is 0 Å². The lowest BCUT2D eigenvalue weighted by molar-refractivity contribution is 0.408. The average molecular weight is 371 g/mol. The van der Waals surface area contributed by atoms with Crippen LogP contribution in [0.4, 0.5) is 0 Å². The summed E-state index contributed by atoms with van der Waals surface area (Å²) in [5.74, 6) is 2.08. The molecule has 2 heteroatoms. The number of benzene rings is 2. The zero-order chi connectivity index (χ0) is 19.3. The van der Waals surface area contributed by atoms with Crippen molar-refractivity contribution >= 4 is 10.0 Å². The SMILES string of the molecule is CC(C)(C)Cc1ccc2c(c1)S(C)(C)c1cc(CC(C)(C)C)ccc1O2. The highest BCUT2D eigenvalue weighted by molar-refractivity contribution is 8.32. The Labute approximate surface area is 161 Å². The van der Waals surface area contributed by atoms with Crippen LogP contribution in [0.15, 0.2) is 46.2 Å². The predicted octanol–water partition coefficient (Wildman–Crippen LogP) is 7.45. The summed E-state index contributed by atoms with van der Waals surface area (Å²) in [6.45, 7) is 13.8. The number of hydrogen-bond donors (Lipinski definition) is 0. The van der Waals surface area contributed by atoms with Gasteiger partial charge in [0.15, 0.2) is 0 Å². The fraction of sp³-hybridized carbons (Fsp3) is 0.500. The van der Waals surface area contributed by atoms with Crippen molar-refractivity contribution in [2.24, 2.45) is 10.8 Å². The third kappa shape index (κ3) is 4.11. The third-order valence-electron chi connectivity index (χ3n) is 4.80. The Bertz CT molecular complexity index is 752.